The lowest BCUT2D eigenvalue weighted by Gasteiger charge is -2.12. The number of rotatable bonds is 26. The van der Waals surface area contributed by atoms with E-state index in [-0.39, 0.29) is 0 Å². The van der Waals surface area contributed by atoms with Crippen molar-refractivity contribution in [3.8, 4) is 10.4 Å². The highest BCUT2D eigenvalue weighted by Crippen LogP contribution is 2.28. The molecule has 230 valence electrons. The summed E-state index contributed by atoms with van der Waals surface area (Å²) in [6.45, 7) is 7.71. The Morgan fingerprint density at radius 1 is 0.564 bits per heavy atom. The van der Waals surface area contributed by atoms with Gasteiger partial charge in [0.15, 0.2) is 0 Å². The van der Waals surface area contributed by atoms with E-state index in [0.717, 1.165) is 38.5 Å². The van der Waals surface area contributed by atoms with E-state index in [1.807, 2.05) is 0 Å². The highest BCUT2D eigenvalue weighted by Gasteiger charge is 2.24. The van der Waals surface area contributed by atoms with E-state index in [9.17, 15) is 16.8 Å². The van der Waals surface area contributed by atoms with Gasteiger partial charge in [0, 0.05) is 0 Å². The fourth-order valence-electron chi connectivity index (χ4n) is 4.11. The zero-order chi connectivity index (χ0) is 29.0. The van der Waals surface area contributed by atoms with Gasteiger partial charge in [-0.3, -0.25) is 0 Å². The summed E-state index contributed by atoms with van der Waals surface area (Å²) in [5, 5.41) is 6.23. The predicted octanol–water partition coefficient (Wildman–Crippen LogP) is 7.66. The first-order chi connectivity index (χ1) is 18.6. The van der Waals surface area contributed by atoms with Gasteiger partial charge in [0.2, 0.25) is 0 Å². The van der Waals surface area contributed by atoms with Gasteiger partial charge in [0.1, 0.15) is 0 Å². The summed E-state index contributed by atoms with van der Waals surface area (Å²) in [6.07, 6.45) is 18.4. The molecule has 2 unspecified atom stereocenters. The number of hydrogen-bond acceptors (Lipinski definition) is 11. The summed E-state index contributed by atoms with van der Waals surface area (Å²) in [5.74, 6) is 0. The van der Waals surface area contributed by atoms with Gasteiger partial charge in [-0.2, -0.15) is 16.8 Å². The van der Waals surface area contributed by atoms with Crippen LogP contribution in [0.15, 0.2) is 0 Å². The predicted molar refractivity (Wildman–Crippen MR) is 155 cm³/mol. The van der Waals surface area contributed by atoms with Gasteiger partial charge in [-0.1, -0.05) is 127 Å². The van der Waals surface area contributed by atoms with Crippen LogP contribution < -0.4 is 8.37 Å². The normalized spacial score (nSPS) is 13.8. The molecular formula is C26H50N2O8S3. The Morgan fingerprint density at radius 2 is 0.872 bits per heavy atom. The van der Waals surface area contributed by atoms with E-state index in [2.05, 4.69) is 24.0 Å². The van der Waals surface area contributed by atoms with Crippen LogP contribution in [0.2, 0.25) is 0 Å². The van der Waals surface area contributed by atoms with Crippen molar-refractivity contribution in [1.82, 2.24) is 10.2 Å². The third-order valence-electron chi connectivity index (χ3n) is 6.23. The van der Waals surface area contributed by atoms with Crippen molar-refractivity contribution in [2.45, 2.75) is 155 Å². The van der Waals surface area contributed by atoms with Crippen LogP contribution in [0.5, 0.6) is 10.4 Å². The molecule has 39 heavy (non-hydrogen) atoms. The first-order valence-electron chi connectivity index (χ1n) is 14.7. The van der Waals surface area contributed by atoms with E-state index >= 15 is 0 Å². The Balaban J connectivity index is 2.32. The summed E-state index contributed by atoms with van der Waals surface area (Å²) in [5.41, 5.74) is 0. The monoisotopic (exact) mass is 614 g/mol. The molecule has 0 fully saturated rings. The molecule has 1 rings (SSSR count). The molecule has 0 aliphatic carbocycles. The highest BCUT2D eigenvalue weighted by molar-refractivity contribution is 7.82. The first-order valence-corrected chi connectivity index (χ1v) is 18.1. The van der Waals surface area contributed by atoms with Crippen LogP contribution in [-0.2, 0) is 29.2 Å². The molecule has 0 saturated heterocycles. The second-order valence-electron chi connectivity index (χ2n) is 10.2. The summed E-state index contributed by atoms with van der Waals surface area (Å²) in [7, 11) is -8.78. The number of aromatic nitrogens is 2. The molecule has 0 aliphatic rings. The van der Waals surface area contributed by atoms with Crippen LogP contribution in [0.3, 0.4) is 0 Å². The maximum atomic E-state index is 12.2. The van der Waals surface area contributed by atoms with Gasteiger partial charge in [-0.25, -0.2) is 8.37 Å². The number of hydrogen-bond donors (Lipinski definition) is 0. The van der Waals surface area contributed by atoms with Gasteiger partial charge in [-0.15, -0.1) is 0 Å². The standard InChI is InChI=1S/C26H50N2O8S3/c1-5-7-9-11-13-15-17-19-21-23(3)33-38(29,30)35-25-27-28-26(37-25)36-39(31,32)34-24(4)22-20-18-16-14-12-10-8-6-2/h23-24H,5-22H2,1-4H3. The number of unbranched alkanes of at least 4 members (excludes halogenated alkanes) is 14. The van der Waals surface area contributed by atoms with Gasteiger partial charge >= 0.3 is 31.2 Å². The maximum Gasteiger partial charge on any atom is 0.451 e. The summed E-state index contributed by atoms with van der Waals surface area (Å²) >= 11 is 0.521. The Labute approximate surface area is 241 Å². The highest BCUT2D eigenvalue weighted by atomic mass is 32.3. The van der Waals surface area contributed by atoms with E-state index in [0.29, 0.717) is 24.2 Å². The molecule has 0 bridgehead atoms. The van der Waals surface area contributed by atoms with Crippen molar-refractivity contribution < 1.29 is 33.6 Å². The summed E-state index contributed by atoms with van der Waals surface area (Å²) < 4.78 is 68.6. The van der Waals surface area contributed by atoms with E-state index in [4.69, 9.17) is 16.7 Å². The van der Waals surface area contributed by atoms with Crippen molar-refractivity contribution in [3.05, 3.63) is 0 Å². The minimum Gasteiger partial charge on any atom is -0.329 e. The van der Waals surface area contributed by atoms with E-state index in [1.165, 1.54) is 64.2 Å². The molecule has 0 aliphatic heterocycles. The largest absolute Gasteiger partial charge is 0.451 e. The lowest BCUT2D eigenvalue weighted by molar-refractivity contribution is 0.187. The lowest BCUT2D eigenvalue weighted by atomic mass is 10.1. The van der Waals surface area contributed by atoms with Gasteiger partial charge in [0.05, 0.1) is 12.2 Å². The lowest BCUT2D eigenvalue weighted by Crippen LogP contribution is -2.20. The second-order valence-corrected chi connectivity index (χ2v) is 13.4. The average Bonchev–Trinajstić information content (AvgIpc) is 3.26. The minimum atomic E-state index is -4.39. The van der Waals surface area contributed by atoms with Crippen LogP contribution in [0.1, 0.15) is 143 Å². The van der Waals surface area contributed by atoms with Crippen molar-refractivity contribution >= 4 is 32.1 Å². The van der Waals surface area contributed by atoms with Crippen molar-refractivity contribution in [2.24, 2.45) is 0 Å². The third kappa shape index (κ3) is 19.7. The first kappa shape index (κ1) is 36.0. The zero-order valence-corrected chi connectivity index (χ0v) is 26.7. The molecule has 0 spiro atoms. The fourth-order valence-corrected chi connectivity index (χ4v) is 6.68. The average molecular weight is 615 g/mol. The molecule has 1 aromatic heterocycles. The topological polar surface area (TPSA) is 131 Å². The Bertz CT molecular complexity index is 880. The van der Waals surface area contributed by atoms with Crippen LogP contribution in [0.4, 0.5) is 0 Å². The molecule has 0 saturated carbocycles. The molecule has 0 radical (unpaired) electrons. The SMILES string of the molecule is CCCCCCCCCCC(C)OS(=O)(=O)Oc1nnc(OS(=O)(=O)OC(C)CCCCCCCCCC)s1. The summed E-state index contributed by atoms with van der Waals surface area (Å²) in [6, 6.07) is 0. The van der Waals surface area contributed by atoms with Crippen molar-refractivity contribution in [1.29, 1.82) is 0 Å². The molecule has 2 atom stereocenters. The zero-order valence-electron chi connectivity index (χ0n) is 24.3. The van der Waals surface area contributed by atoms with Crippen LogP contribution in [0, 0.1) is 0 Å². The Morgan fingerprint density at radius 3 is 1.21 bits per heavy atom. The number of nitrogens with zero attached hydrogens (tertiary/aromatic N) is 2. The molecule has 10 nitrogen and oxygen atoms in total. The van der Waals surface area contributed by atoms with Crippen LogP contribution in [0.25, 0.3) is 0 Å². The molecule has 0 amide bonds. The minimum absolute atomic E-state index is 0.411. The quantitative estimate of drug-likeness (QED) is 0.0958. The molecule has 13 heteroatoms. The Kier molecular flexibility index (Phi) is 19.2. The van der Waals surface area contributed by atoms with Gasteiger partial charge in [0.25, 0.3) is 0 Å². The molecular weight excluding hydrogens is 564 g/mol. The second kappa shape index (κ2) is 20.8. The third-order valence-corrected chi connectivity index (χ3v) is 8.97. The van der Waals surface area contributed by atoms with Gasteiger partial charge in [-0.05, 0) is 38.0 Å². The van der Waals surface area contributed by atoms with Crippen LogP contribution >= 0.6 is 11.3 Å². The molecule has 1 aromatic rings. The van der Waals surface area contributed by atoms with E-state index in [1.54, 1.807) is 13.8 Å². The van der Waals surface area contributed by atoms with Crippen molar-refractivity contribution in [3.63, 3.8) is 0 Å². The van der Waals surface area contributed by atoms with E-state index < -0.39 is 43.4 Å². The molecule has 0 N–H and O–H groups in total. The smallest absolute Gasteiger partial charge is 0.329 e. The van der Waals surface area contributed by atoms with Crippen molar-refractivity contribution in [2.75, 3.05) is 0 Å². The van der Waals surface area contributed by atoms with Crippen LogP contribution in [-0.4, -0.2) is 39.2 Å². The maximum absolute atomic E-state index is 12.2. The van der Waals surface area contributed by atoms with Gasteiger partial charge < -0.3 is 8.37 Å². The molecule has 1 heterocycles. The Hall–Kier alpha value is -1.02. The molecule has 0 aromatic carbocycles. The summed E-state index contributed by atoms with van der Waals surface area (Å²) in [4.78, 5) is 0. The fraction of sp³-hybridized carbons (Fsp3) is 0.923.